The first-order valence-corrected chi connectivity index (χ1v) is 17.0. The number of fused-ring (bicyclic) bond motifs is 1. The van der Waals surface area contributed by atoms with Gasteiger partial charge < -0.3 is 35.0 Å². The van der Waals surface area contributed by atoms with E-state index in [0.717, 1.165) is 18.8 Å². The van der Waals surface area contributed by atoms with E-state index in [-0.39, 0.29) is 29.2 Å². The maximum Gasteiger partial charge on any atom is 0.250 e. The number of carbonyl (C=O) groups excluding carboxylic acids is 3. The Morgan fingerprint density at radius 1 is 1.04 bits per heavy atom. The van der Waals surface area contributed by atoms with Gasteiger partial charge in [0.1, 0.15) is 17.4 Å². The van der Waals surface area contributed by atoms with Crippen LogP contribution in [0.5, 0.6) is 5.75 Å². The molecule has 45 heavy (non-hydrogen) atoms. The van der Waals surface area contributed by atoms with Crippen molar-refractivity contribution in [3.05, 3.63) is 48.5 Å². The molecule has 3 fully saturated rings. The minimum Gasteiger partial charge on any atom is -0.494 e. The van der Waals surface area contributed by atoms with Crippen molar-refractivity contribution in [2.75, 3.05) is 41.8 Å². The third-order valence-corrected chi connectivity index (χ3v) is 10.7. The molecule has 3 saturated heterocycles. The van der Waals surface area contributed by atoms with E-state index in [1.807, 2.05) is 45.0 Å². The van der Waals surface area contributed by atoms with Crippen LogP contribution in [0, 0.1) is 17.8 Å². The van der Waals surface area contributed by atoms with Gasteiger partial charge in [0.2, 0.25) is 17.7 Å². The smallest absolute Gasteiger partial charge is 0.250 e. The zero-order valence-corrected chi connectivity index (χ0v) is 28.2. The highest BCUT2D eigenvalue weighted by atomic mass is 79.9. The number of likely N-dealkylation sites (tertiary alicyclic amines) is 1. The summed E-state index contributed by atoms with van der Waals surface area (Å²) in [6.07, 6.45) is 0.485. The number of anilines is 3. The summed E-state index contributed by atoms with van der Waals surface area (Å²) in [5, 5.41) is 16.6. The van der Waals surface area contributed by atoms with Crippen molar-refractivity contribution >= 4 is 50.7 Å². The number of hydrogen-bond donors (Lipinski definition) is 3. The Balaban J connectivity index is 1.48. The van der Waals surface area contributed by atoms with Gasteiger partial charge in [-0.25, -0.2) is 0 Å². The molecule has 0 aliphatic carbocycles. The average Bonchev–Trinajstić information content (AvgIpc) is 3.63. The molecule has 3 amide bonds. The van der Waals surface area contributed by atoms with E-state index in [1.54, 1.807) is 24.3 Å². The maximum atomic E-state index is 14.5. The van der Waals surface area contributed by atoms with Gasteiger partial charge in [0.15, 0.2) is 0 Å². The number of aliphatic hydroxyl groups is 1. The molecule has 3 aliphatic heterocycles. The molecule has 0 saturated carbocycles. The third kappa shape index (κ3) is 5.94. The van der Waals surface area contributed by atoms with Gasteiger partial charge in [0.25, 0.3) is 0 Å². The van der Waals surface area contributed by atoms with Crippen molar-refractivity contribution in [3.63, 3.8) is 0 Å². The highest BCUT2D eigenvalue weighted by Gasteiger charge is 2.77. The number of rotatable bonds is 13. The quantitative estimate of drug-likeness (QED) is 0.263. The summed E-state index contributed by atoms with van der Waals surface area (Å²) in [6, 6.07) is 13.1. The standard InChI is InChI=1S/C34H45BrN4O6/c1-6-20(5)26(19-40)39-30(32(42)37-21-10-14-23(15-11-21)38(7-2)8-3)34-18-25(35)29(45-34)27(28(34)33(39)43)31(41)36-22-12-16-24(17-13-22)44-9-4/h10-17,20,25-30,40H,6-9,18-19H2,1-5H3,(H,36,41)(H,37,42)/t20-,25?,26-,27-,28-,29-,30?,34?/m0/s1. The molecule has 3 aliphatic rings. The first-order valence-electron chi connectivity index (χ1n) is 16.1. The third-order valence-electron chi connectivity index (χ3n) is 9.82. The molecule has 5 rings (SSSR count). The Morgan fingerprint density at radius 2 is 1.64 bits per heavy atom. The normalized spacial score (nSPS) is 28.0. The highest BCUT2D eigenvalue weighted by Crippen LogP contribution is 2.60. The second-order valence-electron chi connectivity index (χ2n) is 12.2. The fourth-order valence-corrected chi connectivity index (χ4v) is 8.36. The molecule has 2 aromatic rings. The van der Waals surface area contributed by atoms with Gasteiger partial charge >= 0.3 is 0 Å². The number of halogens is 1. The molecule has 2 aromatic carbocycles. The molecule has 244 valence electrons. The van der Waals surface area contributed by atoms with Crippen molar-refractivity contribution in [3.8, 4) is 5.75 Å². The minimum absolute atomic E-state index is 0.0917. The molecule has 8 atom stereocenters. The van der Waals surface area contributed by atoms with Gasteiger partial charge in [0, 0.05) is 35.0 Å². The summed E-state index contributed by atoms with van der Waals surface area (Å²) in [4.78, 5) is 46.2. The van der Waals surface area contributed by atoms with E-state index in [0.29, 0.717) is 36.6 Å². The number of alkyl halides is 1. The van der Waals surface area contributed by atoms with Gasteiger partial charge in [-0.3, -0.25) is 14.4 Å². The fourth-order valence-electron chi connectivity index (χ4n) is 7.42. The summed E-state index contributed by atoms with van der Waals surface area (Å²) < 4.78 is 12.2. The predicted octanol–water partition coefficient (Wildman–Crippen LogP) is 4.66. The first-order chi connectivity index (χ1) is 21.6. The van der Waals surface area contributed by atoms with Crippen LogP contribution in [-0.2, 0) is 19.1 Å². The van der Waals surface area contributed by atoms with Crippen LogP contribution in [0.15, 0.2) is 48.5 Å². The molecular formula is C34H45BrN4O6. The molecule has 11 heteroatoms. The number of nitrogens with one attached hydrogen (secondary N) is 2. The van der Waals surface area contributed by atoms with Crippen molar-refractivity contribution in [2.24, 2.45) is 17.8 Å². The van der Waals surface area contributed by atoms with E-state index < -0.39 is 41.5 Å². The van der Waals surface area contributed by atoms with Crippen molar-refractivity contribution in [2.45, 2.75) is 76.1 Å². The largest absolute Gasteiger partial charge is 0.494 e. The van der Waals surface area contributed by atoms with Crippen LogP contribution in [0.3, 0.4) is 0 Å². The molecule has 3 N–H and O–H groups in total. The van der Waals surface area contributed by atoms with Crippen molar-refractivity contribution in [1.29, 1.82) is 0 Å². The molecule has 3 heterocycles. The summed E-state index contributed by atoms with van der Waals surface area (Å²) in [7, 11) is 0. The number of aliphatic hydroxyl groups excluding tert-OH is 1. The molecular weight excluding hydrogens is 640 g/mol. The molecule has 2 bridgehead atoms. The topological polar surface area (TPSA) is 120 Å². The lowest BCUT2D eigenvalue weighted by molar-refractivity contribution is -0.144. The lowest BCUT2D eigenvalue weighted by atomic mass is 9.70. The van der Waals surface area contributed by atoms with Gasteiger partial charge in [-0.15, -0.1) is 0 Å². The summed E-state index contributed by atoms with van der Waals surface area (Å²) in [6.45, 7) is 12.0. The predicted molar refractivity (Wildman–Crippen MR) is 178 cm³/mol. The highest BCUT2D eigenvalue weighted by molar-refractivity contribution is 9.09. The van der Waals surface area contributed by atoms with Crippen molar-refractivity contribution < 1.29 is 29.0 Å². The second-order valence-corrected chi connectivity index (χ2v) is 13.4. The number of ether oxygens (including phenoxy) is 2. The fraction of sp³-hybridized carbons (Fsp3) is 0.559. The number of hydrogen-bond acceptors (Lipinski definition) is 7. The van der Waals surface area contributed by atoms with Crippen LogP contribution in [0.4, 0.5) is 17.1 Å². The monoisotopic (exact) mass is 684 g/mol. The molecule has 1 spiro atoms. The molecule has 3 unspecified atom stereocenters. The number of carbonyl (C=O) groups is 3. The van der Waals surface area contributed by atoms with Gasteiger partial charge in [-0.1, -0.05) is 36.2 Å². The minimum atomic E-state index is -1.23. The zero-order chi connectivity index (χ0) is 32.5. The van der Waals surface area contributed by atoms with Crippen molar-refractivity contribution in [1.82, 2.24) is 4.90 Å². The molecule has 10 nitrogen and oxygen atoms in total. The number of amides is 3. The summed E-state index contributed by atoms with van der Waals surface area (Å²) in [5.41, 5.74) is 0.986. The van der Waals surface area contributed by atoms with Crippen LogP contribution in [0.25, 0.3) is 0 Å². The summed E-state index contributed by atoms with van der Waals surface area (Å²) in [5.74, 6) is -2.17. The van der Waals surface area contributed by atoms with Crippen LogP contribution < -0.4 is 20.3 Å². The maximum absolute atomic E-state index is 14.5. The Kier molecular flexibility index (Phi) is 10.1. The zero-order valence-electron chi connectivity index (χ0n) is 26.7. The van der Waals surface area contributed by atoms with Gasteiger partial charge in [0.05, 0.1) is 37.2 Å². The number of nitrogens with zero attached hydrogens (tertiary/aromatic N) is 2. The van der Waals surface area contributed by atoms with Crippen LogP contribution in [-0.4, -0.2) is 82.6 Å². The van der Waals surface area contributed by atoms with E-state index in [4.69, 9.17) is 9.47 Å². The number of benzene rings is 2. The van der Waals surface area contributed by atoms with Crippen LogP contribution >= 0.6 is 15.9 Å². The Morgan fingerprint density at radius 3 is 2.20 bits per heavy atom. The molecule has 0 aromatic heterocycles. The molecule has 0 radical (unpaired) electrons. The van der Waals surface area contributed by atoms with Crippen LogP contribution in [0.2, 0.25) is 0 Å². The summed E-state index contributed by atoms with van der Waals surface area (Å²) >= 11 is 3.73. The average molecular weight is 686 g/mol. The SMILES string of the molecule is CCOc1ccc(NC(=O)[C@H]2[C@H]3C(=O)N([C@@H](CO)[C@@H](C)CC)C(C(=O)Nc4ccc(N(CC)CC)cc4)C34CC(Br)[C@@H]2O4)cc1. The van der Waals surface area contributed by atoms with E-state index in [1.165, 1.54) is 4.90 Å². The van der Waals surface area contributed by atoms with E-state index in [9.17, 15) is 19.5 Å². The van der Waals surface area contributed by atoms with E-state index >= 15 is 0 Å². The van der Waals surface area contributed by atoms with E-state index in [2.05, 4.69) is 45.3 Å². The Bertz CT molecular complexity index is 1370. The van der Waals surface area contributed by atoms with Crippen LogP contribution in [0.1, 0.15) is 47.5 Å². The lowest BCUT2D eigenvalue weighted by Gasteiger charge is -2.38. The Labute approximate surface area is 273 Å². The van der Waals surface area contributed by atoms with Gasteiger partial charge in [-0.05, 0) is 81.6 Å². The Hall–Kier alpha value is -3.15. The second kappa shape index (κ2) is 13.7. The first kappa shape index (κ1) is 33.2. The van der Waals surface area contributed by atoms with Gasteiger partial charge in [-0.2, -0.15) is 0 Å². The lowest BCUT2D eigenvalue weighted by Crippen LogP contribution is -2.57.